The molecule has 1 saturated heterocycles. The number of anilines is 1. The molecule has 0 aromatic carbocycles. The van der Waals surface area contributed by atoms with Crippen LogP contribution >= 0.6 is 15.9 Å². The van der Waals surface area contributed by atoms with Crippen LogP contribution in [0.15, 0.2) is 18.3 Å². The van der Waals surface area contributed by atoms with E-state index in [2.05, 4.69) is 20.9 Å². The van der Waals surface area contributed by atoms with Gasteiger partial charge in [-0.15, -0.1) is 0 Å². The van der Waals surface area contributed by atoms with Crippen LogP contribution in [-0.2, 0) is 15.2 Å². The predicted molar refractivity (Wildman–Crippen MR) is 72.3 cm³/mol. The average molecular weight is 319 g/mol. The molecule has 0 N–H and O–H groups in total. The van der Waals surface area contributed by atoms with E-state index in [-0.39, 0.29) is 11.8 Å². The Kier molecular flexibility index (Phi) is 3.73. The molecular formula is C11H15BrN2O2S. The maximum Gasteiger partial charge on any atom is 0.152 e. The molecule has 2 rings (SSSR count). The number of aromatic nitrogens is 1. The summed E-state index contributed by atoms with van der Waals surface area (Å²) >= 11 is 3.42. The second-order valence-corrected chi connectivity index (χ2v) is 7.08. The molecule has 2 heterocycles. The van der Waals surface area contributed by atoms with Gasteiger partial charge in [0.05, 0.1) is 11.5 Å². The van der Waals surface area contributed by atoms with Crippen molar-refractivity contribution in [2.45, 2.75) is 17.8 Å². The Morgan fingerprint density at radius 2 is 2.35 bits per heavy atom. The van der Waals surface area contributed by atoms with Gasteiger partial charge in [0.25, 0.3) is 0 Å². The Morgan fingerprint density at radius 1 is 1.59 bits per heavy atom. The maximum atomic E-state index is 11.5. The summed E-state index contributed by atoms with van der Waals surface area (Å²) in [7, 11) is -0.933. The van der Waals surface area contributed by atoms with Gasteiger partial charge in [-0.25, -0.2) is 13.4 Å². The first-order chi connectivity index (χ1) is 8.03. The number of alkyl halides is 1. The Balaban J connectivity index is 2.23. The van der Waals surface area contributed by atoms with E-state index in [1.54, 1.807) is 6.20 Å². The summed E-state index contributed by atoms with van der Waals surface area (Å²) < 4.78 is 22.9. The lowest BCUT2D eigenvalue weighted by Crippen LogP contribution is -2.33. The molecule has 0 aliphatic carbocycles. The molecule has 1 aliphatic heterocycles. The molecule has 0 radical (unpaired) electrons. The third-order valence-corrected chi connectivity index (χ3v) is 5.46. The molecule has 0 amide bonds. The highest BCUT2D eigenvalue weighted by Gasteiger charge is 2.31. The molecule has 94 valence electrons. The van der Waals surface area contributed by atoms with Gasteiger partial charge >= 0.3 is 0 Å². The van der Waals surface area contributed by atoms with Crippen LogP contribution in [0.2, 0.25) is 0 Å². The quantitative estimate of drug-likeness (QED) is 0.794. The van der Waals surface area contributed by atoms with E-state index in [1.807, 2.05) is 24.1 Å². The van der Waals surface area contributed by atoms with Crippen molar-refractivity contribution < 1.29 is 8.42 Å². The normalized spacial score (nSPS) is 22.6. The van der Waals surface area contributed by atoms with E-state index in [0.717, 1.165) is 16.7 Å². The summed E-state index contributed by atoms with van der Waals surface area (Å²) in [5.41, 5.74) is 1.08. The summed E-state index contributed by atoms with van der Waals surface area (Å²) in [5.74, 6) is 1.40. The SMILES string of the molecule is CN(c1ncccc1CBr)C1CCS(=O)(=O)C1. The summed E-state index contributed by atoms with van der Waals surface area (Å²) in [4.78, 5) is 6.33. The van der Waals surface area contributed by atoms with E-state index in [0.29, 0.717) is 12.2 Å². The minimum absolute atomic E-state index is 0.0488. The zero-order chi connectivity index (χ0) is 12.5. The van der Waals surface area contributed by atoms with E-state index in [4.69, 9.17) is 0 Å². The average Bonchev–Trinajstić information content (AvgIpc) is 2.68. The predicted octanol–water partition coefficient (Wildman–Crippen LogP) is 1.60. The summed E-state index contributed by atoms with van der Waals surface area (Å²) in [5, 5.41) is 0.722. The van der Waals surface area contributed by atoms with Crippen molar-refractivity contribution in [3.63, 3.8) is 0 Å². The minimum Gasteiger partial charge on any atom is -0.355 e. The van der Waals surface area contributed by atoms with Crippen LogP contribution in [0.4, 0.5) is 5.82 Å². The van der Waals surface area contributed by atoms with Crippen molar-refractivity contribution in [1.29, 1.82) is 0 Å². The van der Waals surface area contributed by atoms with Crippen molar-refractivity contribution in [3.05, 3.63) is 23.9 Å². The van der Waals surface area contributed by atoms with Crippen LogP contribution in [0.3, 0.4) is 0 Å². The van der Waals surface area contributed by atoms with Gasteiger partial charge < -0.3 is 4.90 Å². The maximum absolute atomic E-state index is 11.5. The molecule has 6 heteroatoms. The van der Waals surface area contributed by atoms with E-state index < -0.39 is 9.84 Å². The molecule has 0 spiro atoms. The van der Waals surface area contributed by atoms with Gasteiger partial charge in [0, 0.05) is 30.2 Å². The second-order valence-electron chi connectivity index (χ2n) is 4.29. The van der Waals surface area contributed by atoms with Gasteiger partial charge in [-0.2, -0.15) is 0 Å². The summed E-state index contributed by atoms with van der Waals surface area (Å²) in [6, 6.07) is 3.93. The van der Waals surface area contributed by atoms with Gasteiger partial charge in [-0.05, 0) is 12.5 Å². The number of sulfone groups is 1. The smallest absolute Gasteiger partial charge is 0.152 e. The van der Waals surface area contributed by atoms with Crippen molar-refractivity contribution in [2.75, 3.05) is 23.5 Å². The molecule has 1 aromatic rings. The van der Waals surface area contributed by atoms with Crippen LogP contribution in [-0.4, -0.2) is 38.0 Å². The highest BCUT2D eigenvalue weighted by molar-refractivity contribution is 9.08. The van der Waals surface area contributed by atoms with Crippen molar-refractivity contribution in [3.8, 4) is 0 Å². The number of rotatable bonds is 3. The van der Waals surface area contributed by atoms with E-state index in [9.17, 15) is 8.42 Å². The first kappa shape index (κ1) is 12.8. The molecule has 0 bridgehead atoms. The van der Waals surface area contributed by atoms with Crippen molar-refractivity contribution in [2.24, 2.45) is 0 Å². The third-order valence-electron chi connectivity index (χ3n) is 3.10. The highest BCUT2D eigenvalue weighted by atomic mass is 79.9. The molecule has 1 atom stereocenters. The Labute approximate surface area is 110 Å². The first-order valence-corrected chi connectivity index (χ1v) is 8.41. The molecule has 0 saturated carbocycles. The summed E-state index contributed by atoms with van der Waals surface area (Å²) in [6.45, 7) is 0. The monoisotopic (exact) mass is 318 g/mol. The van der Waals surface area contributed by atoms with Gasteiger partial charge in [0.15, 0.2) is 9.84 Å². The summed E-state index contributed by atoms with van der Waals surface area (Å²) in [6.07, 6.45) is 2.43. The molecular weight excluding hydrogens is 304 g/mol. The largest absolute Gasteiger partial charge is 0.355 e. The molecule has 1 unspecified atom stereocenters. The fourth-order valence-electron chi connectivity index (χ4n) is 2.11. The zero-order valence-corrected chi connectivity index (χ0v) is 12.0. The first-order valence-electron chi connectivity index (χ1n) is 5.46. The molecule has 4 nitrogen and oxygen atoms in total. The van der Waals surface area contributed by atoms with E-state index >= 15 is 0 Å². The van der Waals surface area contributed by atoms with Gasteiger partial charge in [-0.1, -0.05) is 22.0 Å². The fourth-order valence-corrected chi connectivity index (χ4v) is 4.32. The van der Waals surface area contributed by atoms with Crippen LogP contribution in [0, 0.1) is 0 Å². The highest BCUT2D eigenvalue weighted by Crippen LogP contribution is 2.25. The topological polar surface area (TPSA) is 50.3 Å². The minimum atomic E-state index is -2.85. The lowest BCUT2D eigenvalue weighted by atomic mass is 10.2. The molecule has 17 heavy (non-hydrogen) atoms. The lowest BCUT2D eigenvalue weighted by Gasteiger charge is -2.26. The Morgan fingerprint density at radius 3 is 2.94 bits per heavy atom. The Hall–Kier alpha value is -0.620. The Bertz CT molecular complexity index is 504. The van der Waals surface area contributed by atoms with Gasteiger partial charge in [-0.3, -0.25) is 0 Å². The second kappa shape index (κ2) is 4.94. The van der Waals surface area contributed by atoms with Crippen LogP contribution in [0.1, 0.15) is 12.0 Å². The van der Waals surface area contributed by atoms with E-state index in [1.165, 1.54) is 0 Å². The van der Waals surface area contributed by atoms with Crippen LogP contribution < -0.4 is 4.90 Å². The molecule has 1 aliphatic rings. The number of nitrogens with zero attached hydrogens (tertiary/aromatic N) is 2. The zero-order valence-electron chi connectivity index (χ0n) is 9.63. The van der Waals surface area contributed by atoms with Crippen molar-refractivity contribution >= 4 is 31.6 Å². The van der Waals surface area contributed by atoms with Gasteiger partial charge in [0.1, 0.15) is 5.82 Å². The standard InChI is InChI=1S/C11H15BrN2O2S/c1-14(10-4-6-17(15,16)8-10)11-9(7-12)3-2-5-13-11/h2-3,5,10H,4,6-8H2,1H3. The van der Waals surface area contributed by atoms with Gasteiger partial charge in [0.2, 0.25) is 0 Å². The molecule has 1 aromatic heterocycles. The van der Waals surface area contributed by atoms with Crippen LogP contribution in [0.5, 0.6) is 0 Å². The third kappa shape index (κ3) is 2.80. The number of pyridine rings is 1. The number of hydrogen-bond acceptors (Lipinski definition) is 4. The van der Waals surface area contributed by atoms with Crippen LogP contribution in [0.25, 0.3) is 0 Å². The fraction of sp³-hybridized carbons (Fsp3) is 0.545. The number of hydrogen-bond donors (Lipinski definition) is 0. The molecule has 1 fully saturated rings. The lowest BCUT2D eigenvalue weighted by molar-refractivity contribution is 0.600. The number of halogens is 1. The van der Waals surface area contributed by atoms with Crippen molar-refractivity contribution in [1.82, 2.24) is 4.98 Å².